The van der Waals surface area contributed by atoms with Gasteiger partial charge in [-0.05, 0) is 30.3 Å². The summed E-state index contributed by atoms with van der Waals surface area (Å²) in [5, 5.41) is 4.71. The molecule has 0 atom stereocenters. The van der Waals surface area contributed by atoms with Crippen LogP contribution in [0.25, 0.3) is 27.7 Å². The maximum atomic E-state index is 14.3. The van der Waals surface area contributed by atoms with Gasteiger partial charge in [-0.1, -0.05) is 6.07 Å². The largest absolute Gasteiger partial charge is 0.481 e. The Balaban J connectivity index is 2.09. The van der Waals surface area contributed by atoms with Crippen molar-refractivity contribution in [3.05, 3.63) is 65.7 Å². The van der Waals surface area contributed by atoms with Gasteiger partial charge in [-0.2, -0.15) is 27.1 Å². The van der Waals surface area contributed by atoms with Crippen LogP contribution in [0.15, 0.2) is 48.8 Å². The minimum absolute atomic E-state index is 0.0469. The van der Waals surface area contributed by atoms with E-state index in [4.69, 9.17) is 10.5 Å². The lowest BCUT2D eigenvalue weighted by Gasteiger charge is -2.14. The molecule has 0 fully saturated rings. The number of rotatable bonds is 5. The van der Waals surface area contributed by atoms with Crippen molar-refractivity contribution in [1.29, 1.82) is 0 Å². The second kappa shape index (κ2) is 8.04. The van der Waals surface area contributed by atoms with Crippen molar-refractivity contribution in [2.45, 2.75) is 19.0 Å². The molecule has 4 rings (SSSR count). The van der Waals surface area contributed by atoms with Gasteiger partial charge in [-0.15, -0.1) is 0 Å². The van der Waals surface area contributed by atoms with Crippen LogP contribution in [-0.2, 0) is 12.1 Å². The normalized spacial score (nSPS) is 12.2. The number of carbonyl (C=O) groups excluding carboxylic acids is 1. The predicted molar refractivity (Wildman–Crippen MR) is 112 cm³/mol. The van der Waals surface area contributed by atoms with Gasteiger partial charge < -0.3 is 10.5 Å². The molecule has 3 aromatic heterocycles. The molecule has 0 radical (unpaired) electrons. The van der Waals surface area contributed by atoms with Crippen LogP contribution in [0.2, 0.25) is 0 Å². The highest BCUT2D eigenvalue weighted by Gasteiger charge is 2.43. The van der Waals surface area contributed by atoms with Gasteiger partial charge in [0.1, 0.15) is 11.4 Å². The first-order valence-electron chi connectivity index (χ1n) is 9.70. The van der Waals surface area contributed by atoms with Crippen molar-refractivity contribution in [2.75, 3.05) is 7.11 Å². The standard InChI is InChI=1S/C22H16F5N5O2/c1-21(23,24)15-10-11(6-8-29-15)17-16(19(28)33)18(22(25,26)27)32(31-17)14-5-3-4-13-12(14)7-9-30-20(13)34-2/h3-10H,1-2H3,(H2,28,33). The number of primary amides is 1. The zero-order chi connectivity index (χ0) is 24.8. The smallest absolute Gasteiger partial charge is 0.434 e. The van der Waals surface area contributed by atoms with Crippen molar-refractivity contribution in [3.8, 4) is 22.8 Å². The van der Waals surface area contributed by atoms with E-state index < -0.39 is 40.7 Å². The first-order valence-corrected chi connectivity index (χ1v) is 9.70. The van der Waals surface area contributed by atoms with Crippen LogP contribution < -0.4 is 10.5 Å². The molecule has 0 bridgehead atoms. The van der Waals surface area contributed by atoms with E-state index in [0.717, 1.165) is 12.3 Å². The SMILES string of the molecule is COc1nccc2c(-n3nc(-c4ccnc(C(C)(F)F)c4)c(C(N)=O)c3C(F)(F)F)cccc12. The van der Waals surface area contributed by atoms with Crippen LogP contribution in [-0.4, -0.2) is 32.8 Å². The summed E-state index contributed by atoms with van der Waals surface area (Å²) < 4.78 is 76.1. The van der Waals surface area contributed by atoms with Gasteiger partial charge in [0.05, 0.1) is 18.4 Å². The Morgan fingerprint density at radius 2 is 1.74 bits per heavy atom. The number of pyridine rings is 2. The van der Waals surface area contributed by atoms with Gasteiger partial charge >= 0.3 is 6.18 Å². The zero-order valence-corrected chi connectivity index (χ0v) is 17.7. The summed E-state index contributed by atoms with van der Waals surface area (Å²) in [4.78, 5) is 19.8. The van der Waals surface area contributed by atoms with Crippen molar-refractivity contribution in [1.82, 2.24) is 19.7 Å². The molecule has 176 valence electrons. The highest BCUT2D eigenvalue weighted by Crippen LogP contribution is 2.40. The number of benzene rings is 1. The zero-order valence-electron chi connectivity index (χ0n) is 17.7. The monoisotopic (exact) mass is 477 g/mol. The van der Waals surface area contributed by atoms with Crippen molar-refractivity contribution < 1.29 is 31.5 Å². The van der Waals surface area contributed by atoms with Crippen LogP contribution >= 0.6 is 0 Å². The molecule has 34 heavy (non-hydrogen) atoms. The van der Waals surface area contributed by atoms with Gasteiger partial charge in [0.25, 0.3) is 11.8 Å². The molecule has 0 aliphatic rings. The number of hydrogen-bond acceptors (Lipinski definition) is 5. The average Bonchev–Trinajstić information content (AvgIpc) is 3.19. The van der Waals surface area contributed by atoms with Crippen LogP contribution in [0.5, 0.6) is 5.88 Å². The Morgan fingerprint density at radius 3 is 2.35 bits per heavy atom. The topological polar surface area (TPSA) is 95.9 Å². The van der Waals surface area contributed by atoms with E-state index in [9.17, 15) is 26.7 Å². The molecular weight excluding hydrogens is 461 g/mol. The maximum absolute atomic E-state index is 14.3. The minimum atomic E-state index is -5.07. The third-order valence-corrected chi connectivity index (χ3v) is 5.05. The lowest BCUT2D eigenvalue weighted by molar-refractivity contribution is -0.143. The van der Waals surface area contributed by atoms with Crippen molar-refractivity contribution in [2.24, 2.45) is 5.73 Å². The van der Waals surface area contributed by atoms with Gasteiger partial charge in [0.15, 0.2) is 5.69 Å². The van der Waals surface area contributed by atoms with Crippen LogP contribution in [0, 0.1) is 0 Å². The summed E-state index contributed by atoms with van der Waals surface area (Å²) in [6.45, 7) is 0.589. The molecule has 0 unspecified atom stereocenters. The van der Waals surface area contributed by atoms with Crippen LogP contribution in [0.1, 0.15) is 28.7 Å². The Hall–Kier alpha value is -4.09. The minimum Gasteiger partial charge on any atom is -0.481 e. The second-order valence-corrected chi connectivity index (χ2v) is 7.36. The highest BCUT2D eigenvalue weighted by molar-refractivity contribution is 6.01. The fraction of sp³-hybridized carbons (Fsp3) is 0.182. The number of carbonyl (C=O) groups is 1. The summed E-state index contributed by atoms with van der Waals surface area (Å²) >= 11 is 0. The lowest BCUT2D eigenvalue weighted by Crippen LogP contribution is -2.21. The average molecular weight is 477 g/mol. The number of ether oxygens (including phenoxy) is 1. The summed E-state index contributed by atoms with van der Waals surface area (Å²) in [6.07, 6.45) is -2.73. The number of halogens is 5. The quantitative estimate of drug-likeness (QED) is 0.420. The Labute approximate surface area is 189 Å². The fourth-order valence-corrected chi connectivity index (χ4v) is 3.62. The molecule has 0 spiro atoms. The Kier molecular flexibility index (Phi) is 5.46. The number of methoxy groups -OCH3 is 1. The molecule has 1 aromatic carbocycles. The van der Waals surface area contributed by atoms with Crippen molar-refractivity contribution >= 4 is 16.7 Å². The number of aromatic nitrogens is 4. The molecule has 7 nitrogen and oxygen atoms in total. The highest BCUT2D eigenvalue weighted by atomic mass is 19.4. The first kappa shape index (κ1) is 23.1. The number of amides is 1. The molecular formula is C22H16F5N5O2. The fourth-order valence-electron chi connectivity index (χ4n) is 3.62. The summed E-state index contributed by atoms with van der Waals surface area (Å²) in [7, 11) is 1.36. The van der Waals surface area contributed by atoms with Crippen LogP contribution in [0.3, 0.4) is 0 Å². The maximum Gasteiger partial charge on any atom is 0.434 e. The van der Waals surface area contributed by atoms with E-state index in [1.807, 2.05) is 0 Å². The molecule has 2 N–H and O–H groups in total. The van der Waals surface area contributed by atoms with Gasteiger partial charge in [0, 0.05) is 35.7 Å². The van der Waals surface area contributed by atoms with E-state index >= 15 is 0 Å². The third-order valence-electron chi connectivity index (χ3n) is 5.05. The molecule has 3 heterocycles. The Bertz CT molecular complexity index is 1410. The van der Waals surface area contributed by atoms with Gasteiger partial charge in [-0.3, -0.25) is 9.78 Å². The van der Waals surface area contributed by atoms with Crippen molar-refractivity contribution in [3.63, 3.8) is 0 Å². The molecule has 0 aliphatic carbocycles. The summed E-state index contributed by atoms with van der Waals surface area (Å²) in [5.41, 5.74) is 1.50. The lowest BCUT2D eigenvalue weighted by atomic mass is 10.0. The third kappa shape index (κ3) is 3.91. The molecule has 12 heteroatoms. The number of fused-ring (bicyclic) bond motifs is 1. The molecule has 1 amide bonds. The molecule has 0 saturated heterocycles. The number of alkyl halides is 5. The Morgan fingerprint density at radius 1 is 1.03 bits per heavy atom. The summed E-state index contributed by atoms with van der Waals surface area (Å²) in [6, 6.07) is 7.92. The molecule has 0 aliphatic heterocycles. The van der Waals surface area contributed by atoms with E-state index in [1.165, 1.54) is 37.6 Å². The molecule has 0 saturated carbocycles. The van der Waals surface area contributed by atoms with Crippen LogP contribution in [0.4, 0.5) is 22.0 Å². The van der Waals surface area contributed by atoms with Gasteiger partial charge in [0.2, 0.25) is 5.88 Å². The molecule has 4 aromatic rings. The number of hydrogen-bond donors (Lipinski definition) is 1. The van der Waals surface area contributed by atoms with Gasteiger partial charge in [-0.25, -0.2) is 9.67 Å². The predicted octanol–water partition coefficient (Wildman–Crippen LogP) is 4.72. The van der Waals surface area contributed by atoms with E-state index in [1.54, 1.807) is 6.07 Å². The van der Waals surface area contributed by atoms with E-state index in [0.29, 0.717) is 22.4 Å². The number of nitrogens with zero attached hydrogens (tertiary/aromatic N) is 4. The number of nitrogens with two attached hydrogens (primary N) is 1. The van der Waals surface area contributed by atoms with E-state index in [-0.39, 0.29) is 17.1 Å². The first-order chi connectivity index (χ1) is 15.9. The summed E-state index contributed by atoms with van der Waals surface area (Å²) in [5.74, 6) is -4.63. The second-order valence-electron chi connectivity index (χ2n) is 7.36. The van der Waals surface area contributed by atoms with E-state index in [2.05, 4.69) is 15.1 Å².